The lowest BCUT2D eigenvalue weighted by molar-refractivity contribution is 0.199. The topological polar surface area (TPSA) is 39.1 Å². The van der Waals surface area contributed by atoms with E-state index in [-0.39, 0.29) is 5.54 Å². The summed E-state index contributed by atoms with van der Waals surface area (Å²) in [7, 11) is 2.20. The standard InChI is InChI=1S/C17H33N3/c1-6-11-19-17(13-18)10-7-8-15(17)9-12-20(5)14-16(2,3)4/h15,19H,6-12,14H2,1-5H3. The van der Waals surface area contributed by atoms with Crippen LogP contribution in [0.4, 0.5) is 0 Å². The van der Waals surface area contributed by atoms with Gasteiger partial charge in [0.15, 0.2) is 0 Å². The van der Waals surface area contributed by atoms with Gasteiger partial charge in [-0.05, 0) is 57.2 Å². The zero-order valence-electron chi connectivity index (χ0n) is 14.1. The monoisotopic (exact) mass is 279 g/mol. The van der Waals surface area contributed by atoms with Crippen molar-refractivity contribution in [2.75, 3.05) is 26.7 Å². The van der Waals surface area contributed by atoms with Gasteiger partial charge in [-0.15, -0.1) is 0 Å². The van der Waals surface area contributed by atoms with Crippen LogP contribution in [0.2, 0.25) is 0 Å². The number of nitriles is 1. The maximum absolute atomic E-state index is 9.64. The fraction of sp³-hybridized carbons (Fsp3) is 0.941. The molecule has 1 N–H and O–H groups in total. The average Bonchev–Trinajstić information content (AvgIpc) is 2.75. The van der Waals surface area contributed by atoms with E-state index in [0.29, 0.717) is 11.3 Å². The number of hydrogen-bond donors (Lipinski definition) is 1. The first-order valence-electron chi connectivity index (χ1n) is 8.18. The third-order valence-electron chi connectivity index (χ3n) is 4.31. The first-order valence-corrected chi connectivity index (χ1v) is 8.18. The second-order valence-electron chi connectivity index (χ2n) is 7.69. The van der Waals surface area contributed by atoms with Gasteiger partial charge in [-0.1, -0.05) is 34.1 Å². The summed E-state index contributed by atoms with van der Waals surface area (Å²) in [4.78, 5) is 2.42. The van der Waals surface area contributed by atoms with Crippen LogP contribution in [0.5, 0.6) is 0 Å². The lowest BCUT2D eigenvalue weighted by Gasteiger charge is -2.32. The summed E-state index contributed by atoms with van der Waals surface area (Å²) in [5, 5.41) is 13.2. The van der Waals surface area contributed by atoms with E-state index in [4.69, 9.17) is 0 Å². The van der Waals surface area contributed by atoms with Crippen molar-refractivity contribution < 1.29 is 0 Å². The van der Waals surface area contributed by atoms with Gasteiger partial charge in [-0.3, -0.25) is 5.32 Å². The van der Waals surface area contributed by atoms with Crippen LogP contribution in [0.25, 0.3) is 0 Å². The molecular weight excluding hydrogens is 246 g/mol. The molecule has 116 valence electrons. The minimum atomic E-state index is -0.251. The Labute approximate surface area is 125 Å². The molecule has 3 nitrogen and oxygen atoms in total. The quantitative estimate of drug-likeness (QED) is 0.776. The number of nitrogens with one attached hydrogen (secondary N) is 1. The predicted octanol–water partition coefficient (Wildman–Crippen LogP) is 3.42. The molecule has 3 heteroatoms. The number of hydrogen-bond acceptors (Lipinski definition) is 3. The van der Waals surface area contributed by atoms with Crippen molar-refractivity contribution in [3.8, 4) is 6.07 Å². The zero-order chi connectivity index (χ0) is 15.2. The summed E-state index contributed by atoms with van der Waals surface area (Å²) in [6.07, 6.45) is 5.65. The van der Waals surface area contributed by atoms with E-state index < -0.39 is 0 Å². The summed E-state index contributed by atoms with van der Waals surface area (Å²) in [5.41, 5.74) is 0.0930. The summed E-state index contributed by atoms with van der Waals surface area (Å²) in [6.45, 7) is 12.2. The Morgan fingerprint density at radius 2 is 2.10 bits per heavy atom. The van der Waals surface area contributed by atoms with Crippen LogP contribution in [0.3, 0.4) is 0 Å². The third kappa shape index (κ3) is 5.07. The minimum Gasteiger partial charge on any atom is -0.306 e. The molecule has 2 unspecified atom stereocenters. The van der Waals surface area contributed by atoms with Crippen molar-refractivity contribution in [3.05, 3.63) is 0 Å². The summed E-state index contributed by atoms with van der Waals surface area (Å²) >= 11 is 0. The Bertz CT molecular complexity index is 326. The second-order valence-corrected chi connectivity index (χ2v) is 7.69. The van der Waals surface area contributed by atoms with Crippen LogP contribution >= 0.6 is 0 Å². The fourth-order valence-electron chi connectivity index (χ4n) is 3.50. The van der Waals surface area contributed by atoms with Crippen LogP contribution < -0.4 is 5.32 Å². The van der Waals surface area contributed by atoms with Crippen molar-refractivity contribution in [1.29, 1.82) is 5.26 Å². The molecule has 0 aromatic heterocycles. The molecule has 2 atom stereocenters. The van der Waals surface area contributed by atoms with Crippen LogP contribution in [-0.4, -0.2) is 37.1 Å². The van der Waals surface area contributed by atoms with E-state index >= 15 is 0 Å². The van der Waals surface area contributed by atoms with E-state index in [2.05, 4.69) is 51.0 Å². The lowest BCUT2D eigenvalue weighted by atomic mass is 9.85. The van der Waals surface area contributed by atoms with Gasteiger partial charge in [-0.2, -0.15) is 5.26 Å². The van der Waals surface area contributed by atoms with Gasteiger partial charge >= 0.3 is 0 Å². The van der Waals surface area contributed by atoms with Crippen molar-refractivity contribution in [2.45, 2.75) is 65.3 Å². The molecule has 0 saturated heterocycles. The molecule has 0 aliphatic heterocycles. The van der Waals surface area contributed by atoms with Gasteiger partial charge in [-0.25, -0.2) is 0 Å². The van der Waals surface area contributed by atoms with Crippen LogP contribution in [0.1, 0.15) is 59.8 Å². The molecule has 0 radical (unpaired) electrons. The Hall–Kier alpha value is -0.590. The molecule has 0 bridgehead atoms. The van der Waals surface area contributed by atoms with E-state index in [1.165, 1.54) is 12.8 Å². The van der Waals surface area contributed by atoms with Crippen molar-refractivity contribution in [1.82, 2.24) is 10.2 Å². The average molecular weight is 279 g/mol. The molecule has 0 aromatic carbocycles. The van der Waals surface area contributed by atoms with Gasteiger partial charge in [0.25, 0.3) is 0 Å². The molecule has 0 heterocycles. The molecule has 1 fully saturated rings. The molecule has 1 aliphatic carbocycles. The minimum absolute atomic E-state index is 0.251. The van der Waals surface area contributed by atoms with E-state index in [1.54, 1.807) is 0 Å². The molecule has 0 spiro atoms. The van der Waals surface area contributed by atoms with Crippen molar-refractivity contribution in [2.24, 2.45) is 11.3 Å². The van der Waals surface area contributed by atoms with E-state index in [9.17, 15) is 5.26 Å². The highest BCUT2D eigenvalue weighted by Crippen LogP contribution is 2.37. The number of nitrogens with zero attached hydrogens (tertiary/aromatic N) is 2. The summed E-state index contributed by atoms with van der Waals surface area (Å²) < 4.78 is 0. The highest BCUT2D eigenvalue weighted by molar-refractivity contribution is 5.14. The van der Waals surface area contributed by atoms with Gasteiger partial charge in [0.2, 0.25) is 0 Å². The fourth-order valence-corrected chi connectivity index (χ4v) is 3.50. The second kappa shape index (κ2) is 7.43. The highest BCUT2D eigenvalue weighted by Gasteiger charge is 2.42. The normalized spacial score (nSPS) is 26.9. The third-order valence-corrected chi connectivity index (χ3v) is 4.31. The Morgan fingerprint density at radius 3 is 2.65 bits per heavy atom. The maximum Gasteiger partial charge on any atom is 0.109 e. The highest BCUT2D eigenvalue weighted by atomic mass is 15.1. The predicted molar refractivity (Wildman–Crippen MR) is 85.5 cm³/mol. The first kappa shape index (κ1) is 17.5. The SMILES string of the molecule is CCCNC1(C#N)CCCC1CCN(C)CC(C)(C)C. The molecule has 1 rings (SSSR count). The summed E-state index contributed by atoms with van der Waals surface area (Å²) in [5.74, 6) is 0.515. The lowest BCUT2D eigenvalue weighted by Crippen LogP contribution is -2.48. The smallest absolute Gasteiger partial charge is 0.109 e. The molecule has 20 heavy (non-hydrogen) atoms. The molecule has 0 amide bonds. The van der Waals surface area contributed by atoms with Gasteiger partial charge < -0.3 is 4.90 Å². The molecule has 1 saturated carbocycles. The number of rotatable bonds is 7. The molecular formula is C17H33N3. The summed E-state index contributed by atoms with van der Waals surface area (Å²) in [6, 6.07) is 2.60. The van der Waals surface area contributed by atoms with Gasteiger partial charge in [0, 0.05) is 6.54 Å². The van der Waals surface area contributed by atoms with Crippen LogP contribution in [0.15, 0.2) is 0 Å². The molecule has 0 aromatic rings. The first-order chi connectivity index (χ1) is 9.33. The van der Waals surface area contributed by atoms with Gasteiger partial charge in [0.05, 0.1) is 6.07 Å². The Morgan fingerprint density at radius 1 is 1.40 bits per heavy atom. The van der Waals surface area contributed by atoms with Crippen LogP contribution in [-0.2, 0) is 0 Å². The van der Waals surface area contributed by atoms with Crippen molar-refractivity contribution >= 4 is 0 Å². The van der Waals surface area contributed by atoms with Crippen molar-refractivity contribution in [3.63, 3.8) is 0 Å². The van der Waals surface area contributed by atoms with E-state index in [1.807, 2.05) is 0 Å². The maximum atomic E-state index is 9.64. The van der Waals surface area contributed by atoms with Gasteiger partial charge in [0.1, 0.15) is 5.54 Å². The van der Waals surface area contributed by atoms with E-state index in [0.717, 1.165) is 38.9 Å². The van der Waals surface area contributed by atoms with Crippen LogP contribution in [0, 0.1) is 22.7 Å². The Balaban J connectivity index is 2.51. The Kier molecular flexibility index (Phi) is 6.48. The largest absolute Gasteiger partial charge is 0.306 e. The zero-order valence-corrected chi connectivity index (χ0v) is 14.1. The molecule has 1 aliphatic rings.